The van der Waals surface area contributed by atoms with Crippen molar-refractivity contribution >= 4 is 73.5 Å². The van der Waals surface area contributed by atoms with Gasteiger partial charge in [0, 0.05) is 61.6 Å². The van der Waals surface area contributed by atoms with Crippen LogP contribution in [0.1, 0.15) is 56.8 Å². The Bertz CT molecular complexity index is 2330. The number of rotatable bonds is 17. The smallest absolute Gasteiger partial charge is 0.262 e. The number of anilines is 2. The number of benzene rings is 2. The van der Waals surface area contributed by atoms with Crippen LogP contribution in [0.25, 0.3) is 11.3 Å². The monoisotopic (exact) mass is 818 g/mol. The molecule has 4 heterocycles. The number of hydrogen-bond donors (Lipinski definition) is 5. The van der Waals surface area contributed by atoms with E-state index in [4.69, 9.17) is 4.74 Å². The summed E-state index contributed by atoms with van der Waals surface area (Å²) in [5.74, 6) is -3.97. The standard InChI is InChI=1S/C37H38N8O10S2/c1-57(53,54)44-16-13-23(19-44)32(48)40-27(33(49)43-37-41-28(21-56-37)22-6-3-2-4-7-22)20-55-17-5-8-30(46)39-15-14-38-24-9-10-25-26(18-24)36(52)45(35(25)51)29-11-12-31(47)42-34(29)50/h2-4,6-7,9-10,13,16,18-19,21,27,29,38H,5,8,11-12,14-15,17,20H2,1H3,(H,39,46)(H,40,48)(H,41,43,49)(H,42,47,50)/t27-,29?/m0/s1. The number of hydrogen-bond acceptors (Lipinski definition) is 13. The van der Waals surface area contributed by atoms with Crippen molar-refractivity contribution in [3.8, 4) is 11.3 Å². The average molecular weight is 819 g/mol. The van der Waals surface area contributed by atoms with Gasteiger partial charge in [0.2, 0.25) is 27.7 Å². The second kappa shape index (κ2) is 17.7. The number of amides is 7. The Morgan fingerprint density at radius 3 is 2.53 bits per heavy atom. The van der Waals surface area contributed by atoms with Gasteiger partial charge in [0.05, 0.1) is 35.2 Å². The lowest BCUT2D eigenvalue weighted by Crippen LogP contribution is -2.54. The fraction of sp³-hybridized carbons (Fsp3) is 0.297. The van der Waals surface area contributed by atoms with E-state index in [0.29, 0.717) is 16.5 Å². The molecule has 7 amide bonds. The summed E-state index contributed by atoms with van der Waals surface area (Å²) < 4.78 is 30.3. The van der Waals surface area contributed by atoms with Crippen LogP contribution in [-0.4, -0.2) is 108 Å². The Morgan fingerprint density at radius 1 is 1.02 bits per heavy atom. The summed E-state index contributed by atoms with van der Waals surface area (Å²) in [6.07, 6.45) is 3.80. The van der Waals surface area contributed by atoms with E-state index in [9.17, 15) is 42.0 Å². The van der Waals surface area contributed by atoms with E-state index in [1.807, 2.05) is 30.3 Å². The quantitative estimate of drug-likeness (QED) is 0.0754. The van der Waals surface area contributed by atoms with Crippen molar-refractivity contribution in [1.82, 2.24) is 29.8 Å². The Kier molecular flexibility index (Phi) is 12.5. The van der Waals surface area contributed by atoms with Gasteiger partial charge >= 0.3 is 0 Å². The summed E-state index contributed by atoms with van der Waals surface area (Å²) in [6.45, 7) is 0.329. The van der Waals surface area contributed by atoms with Gasteiger partial charge in [0.15, 0.2) is 5.13 Å². The number of carbonyl (C=O) groups excluding carboxylic acids is 7. The molecule has 0 bridgehead atoms. The summed E-state index contributed by atoms with van der Waals surface area (Å²) in [5, 5.41) is 15.4. The minimum absolute atomic E-state index is 0.0150. The number of aromatic nitrogens is 2. The second-order valence-electron chi connectivity index (χ2n) is 13.1. The van der Waals surface area contributed by atoms with Gasteiger partial charge in [-0.2, -0.15) is 0 Å². The maximum Gasteiger partial charge on any atom is 0.262 e. The fourth-order valence-corrected chi connectivity index (χ4v) is 7.33. The van der Waals surface area contributed by atoms with E-state index in [-0.39, 0.29) is 74.6 Å². The molecule has 6 rings (SSSR count). The van der Waals surface area contributed by atoms with Crippen molar-refractivity contribution in [1.29, 1.82) is 0 Å². The molecule has 5 N–H and O–H groups in total. The molecule has 2 aromatic heterocycles. The maximum absolute atomic E-state index is 13.3. The van der Waals surface area contributed by atoms with Gasteiger partial charge in [0.25, 0.3) is 23.6 Å². The van der Waals surface area contributed by atoms with Crippen LogP contribution in [0.3, 0.4) is 0 Å². The number of carbonyl (C=O) groups is 7. The molecule has 1 saturated heterocycles. The molecule has 20 heteroatoms. The molecule has 2 atom stereocenters. The molecule has 57 heavy (non-hydrogen) atoms. The topological polar surface area (TPSA) is 244 Å². The molecule has 1 unspecified atom stereocenters. The third kappa shape index (κ3) is 9.95. The van der Waals surface area contributed by atoms with Crippen molar-refractivity contribution in [3.63, 3.8) is 0 Å². The molecule has 0 spiro atoms. The molecule has 0 radical (unpaired) electrons. The van der Waals surface area contributed by atoms with Crippen molar-refractivity contribution in [2.75, 3.05) is 43.2 Å². The van der Waals surface area contributed by atoms with Gasteiger partial charge in [-0.05, 0) is 37.1 Å². The average Bonchev–Trinajstić information content (AvgIpc) is 3.93. The first-order valence-corrected chi connectivity index (χ1v) is 20.5. The molecule has 2 aliphatic rings. The summed E-state index contributed by atoms with van der Waals surface area (Å²) >= 11 is 1.20. The Hall–Kier alpha value is -6.25. The first-order chi connectivity index (χ1) is 27.3. The summed E-state index contributed by atoms with van der Waals surface area (Å²) in [4.78, 5) is 94.0. The molecule has 4 aromatic rings. The van der Waals surface area contributed by atoms with Gasteiger partial charge in [0.1, 0.15) is 12.1 Å². The third-order valence-corrected chi connectivity index (χ3v) is 10.7. The highest BCUT2D eigenvalue weighted by atomic mass is 32.2. The van der Waals surface area contributed by atoms with Crippen LogP contribution in [0.4, 0.5) is 10.8 Å². The molecule has 0 saturated carbocycles. The number of thiazole rings is 1. The van der Waals surface area contributed by atoms with E-state index in [0.717, 1.165) is 26.9 Å². The van der Waals surface area contributed by atoms with Crippen LogP contribution in [-0.2, 0) is 33.9 Å². The van der Waals surface area contributed by atoms with Gasteiger partial charge in [-0.3, -0.25) is 47.8 Å². The predicted molar refractivity (Wildman–Crippen MR) is 207 cm³/mol. The number of nitrogens with one attached hydrogen (secondary N) is 5. The molecular formula is C37H38N8O10S2. The molecule has 18 nitrogen and oxygen atoms in total. The van der Waals surface area contributed by atoms with Gasteiger partial charge < -0.3 is 26.0 Å². The first-order valence-electron chi connectivity index (χ1n) is 17.7. The molecule has 2 aromatic carbocycles. The lowest BCUT2D eigenvalue weighted by Gasteiger charge is -2.27. The Balaban J connectivity index is 0.950. The van der Waals surface area contributed by atoms with E-state index < -0.39 is 57.6 Å². The van der Waals surface area contributed by atoms with E-state index in [1.165, 1.54) is 35.7 Å². The highest BCUT2D eigenvalue weighted by molar-refractivity contribution is 7.89. The van der Waals surface area contributed by atoms with Crippen LogP contribution in [0.15, 0.2) is 72.4 Å². The van der Waals surface area contributed by atoms with Crippen LogP contribution >= 0.6 is 11.3 Å². The SMILES string of the molecule is CS(=O)(=O)n1ccc(C(=O)N[C@@H](COCCCC(=O)NCCNc2ccc3c(c2)C(=O)N(C2CCC(=O)NC2=O)C3=O)C(=O)Nc2nc(-c3ccccc3)cs2)c1. The van der Waals surface area contributed by atoms with E-state index >= 15 is 0 Å². The summed E-state index contributed by atoms with van der Waals surface area (Å²) in [6, 6.07) is 13.0. The van der Waals surface area contributed by atoms with Crippen LogP contribution < -0.4 is 26.6 Å². The zero-order valence-electron chi connectivity index (χ0n) is 30.5. The first kappa shape index (κ1) is 40.4. The lowest BCUT2D eigenvalue weighted by molar-refractivity contribution is -0.136. The number of imide groups is 2. The van der Waals surface area contributed by atoms with Gasteiger partial charge in [-0.1, -0.05) is 30.3 Å². The van der Waals surface area contributed by atoms with Crippen molar-refractivity contribution in [3.05, 3.63) is 89.1 Å². The Morgan fingerprint density at radius 2 is 1.79 bits per heavy atom. The molecule has 298 valence electrons. The highest BCUT2D eigenvalue weighted by Gasteiger charge is 2.44. The predicted octanol–water partition coefficient (Wildman–Crippen LogP) is 1.58. The normalized spacial score (nSPS) is 15.8. The van der Waals surface area contributed by atoms with Crippen molar-refractivity contribution < 1.29 is 46.7 Å². The zero-order chi connectivity index (χ0) is 40.7. The fourth-order valence-electron chi connectivity index (χ4n) is 6.02. The van der Waals surface area contributed by atoms with E-state index in [2.05, 4.69) is 31.6 Å². The number of piperidine rings is 1. The van der Waals surface area contributed by atoms with E-state index in [1.54, 1.807) is 11.4 Å². The van der Waals surface area contributed by atoms with Crippen molar-refractivity contribution in [2.24, 2.45) is 0 Å². The second-order valence-corrected chi connectivity index (χ2v) is 15.8. The van der Waals surface area contributed by atoms with Gasteiger partial charge in [-0.15, -0.1) is 11.3 Å². The maximum atomic E-state index is 13.3. The van der Waals surface area contributed by atoms with Crippen LogP contribution in [0, 0.1) is 0 Å². The molecule has 0 aliphatic carbocycles. The molecule has 1 fully saturated rings. The van der Waals surface area contributed by atoms with Gasteiger partial charge in [-0.25, -0.2) is 13.4 Å². The minimum Gasteiger partial charge on any atom is -0.383 e. The number of nitrogens with zero attached hydrogens (tertiary/aromatic N) is 3. The largest absolute Gasteiger partial charge is 0.383 e. The summed E-state index contributed by atoms with van der Waals surface area (Å²) in [5.41, 5.74) is 2.33. The number of ether oxygens (including phenoxy) is 1. The minimum atomic E-state index is -3.63. The highest BCUT2D eigenvalue weighted by Crippen LogP contribution is 2.29. The summed E-state index contributed by atoms with van der Waals surface area (Å²) in [7, 11) is -3.63. The molecular weight excluding hydrogens is 781 g/mol. The Labute approximate surface area is 330 Å². The van der Waals surface area contributed by atoms with Crippen LogP contribution in [0.2, 0.25) is 0 Å². The zero-order valence-corrected chi connectivity index (χ0v) is 32.1. The van der Waals surface area contributed by atoms with Crippen LogP contribution in [0.5, 0.6) is 0 Å². The third-order valence-electron chi connectivity index (χ3n) is 8.93. The van der Waals surface area contributed by atoms with Crippen molar-refractivity contribution in [2.45, 2.75) is 37.8 Å². The number of fused-ring (bicyclic) bond motifs is 1. The lowest BCUT2D eigenvalue weighted by atomic mass is 10.0. The molecule has 2 aliphatic heterocycles.